The molecule has 6 nitrogen and oxygen atoms in total. The lowest BCUT2D eigenvalue weighted by molar-refractivity contribution is -0.123. The highest BCUT2D eigenvalue weighted by Gasteiger charge is 2.47. The number of benzene rings is 1. The second-order valence-electron chi connectivity index (χ2n) is 6.25. The minimum absolute atomic E-state index is 0.0213. The molecule has 2 saturated heterocycles. The normalized spacial score (nSPS) is 33.7. The van der Waals surface area contributed by atoms with Gasteiger partial charge in [0.1, 0.15) is 18.3 Å². The first-order chi connectivity index (χ1) is 10.7. The van der Waals surface area contributed by atoms with Crippen LogP contribution >= 0.6 is 0 Å². The van der Waals surface area contributed by atoms with Crippen LogP contribution in [0.15, 0.2) is 24.3 Å². The second-order valence-corrected chi connectivity index (χ2v) is 6.25. The first-order valence-corrected chi connectivity index (χ1v) is 7.70. The van der Waals surface area contributed by atoms with Crippen LogP contribution in [-0.4, -0.2) is 60.0 Å². The average Bonchev–Trinajstić information content (AvgIpc) is 3.16. The SMILES string of the molecule is O=C(CN1Cc2ccccc2C1)N[C@H]1CO[C@H]2[C@@H]1OC[C@H]2O. The van der Waals surface area contributed by atoms with Crippen LogP contribution in [0.3, 0.4) is 0 Å². The molecule has 3 aliphatic heterocycles. The Morgan fingerprint density at radius 3 is 2.59 bits per heavy atom. The predicted octanol–water partition coefficient (Wildman–Crippen LogP) is -0.354. The van der Waals surface area contributed by atoms with Crippen molar-refractivity contribution in [1.82, 2.24) is 10.2 Å². The summed E-state index contributed by atoms with van der Waals surface area (Å²) in [6.45, 7) is 2.67. The molecule has 3 aliphatic rings. The Morgan fingerprint density at radius 1 is 1.18 bits per heavy atom. The van der Waals surface area contributed by atoms with E-state index in [4.69, 9.17) is 9.47 Å². The average molecular weight is 304 g/mol. The van der Waals surface area contributed by atoms with Crippen LogP contribution in [0.4, 0.5) is 0 Å². The van der Waals surface area contributed by atoms with Crippen molar-refractivity contribution in [1.29, 1.82) is 0 Å². The van der Waals surface area contributed by atoms with Gasteiger partial charge in [0.15, 0.2) is 0 Å². The van der Waals surface area contributed by atoms with E-state index in [0.29, 0.717) is 13.2 Å². The van der Waals surface area contributed by atoms with Gasteiger partial charge in [-0.2, -0.15) is 0 Å². The van der Waals surface area contributed by atoms with E-state index >= 15 is 0 Å². The zero-order chi connectivity index (χ0) is 15.1. The molecule has 0 aliphatic carbocycles. The monoisotopic (exact) mass is 304 g/mol. The first kappa shape index (κ1) is 14.1. The van der Waals surface area contributed by atoms with Crippen molar-refractivity contribution in [2.45, 2.75) is 37.4 Å². The highest BCUT2D eigenvalue weighted by Crippen LogP contribution is 2.27. The van der Waals surface area contributed by atoms with Crippen LogP contribution in [0.2, 0.25) is 0 Å². The van der Waals surface area contributed by atoms with E-state index in [1.807, 2.05) is 12.1 Å². The Bertz CT molecular complexity index is 554. The van der Waals surface area contributed by atoms with Crippen LogP contribution in [0, 0.1) is 0 Å². The van der Waals surface area contributed by atoms with Gasteiger partial charge in [-0.05, 0) is 11.1 Å². The summed E-state index contributed by atoms with van der Waals surface area (Å²) in [6.07, 6.45) is -1.11. The van der Waals surface area contributed by atoms with Crippen molar-refractivity contribution in [3.8, 4) is 0 Å². The maximum absolute atomic E-state index is 12.2. The molecule has 0 spiro atoms. The topological polar surface area (TPSA) is 71.0 Å². The second kappa shape index (κ2) is 5.62. The maximum Gasteiger partial charge on any atom is 0.234 e. The summed E-state index contributed by atoms with van der Waals surface area (Å²) in [5, 5.41) is 12.7. The van der Waals surface area contributed by atoms with Crippen LogP contribution in [-0.2, 0) is 27.4 Å². The van der Waals surface area contributed by atoms with Gasteiger partial charge in [-0.3, -0.25) is 9.69 Å². The zero-order valence-electron chi connectivity index (χ0n) is 12.3. The summed E-state index contributed by atoms with van der Waals surface area (Å²) in [7, 11) is 0. The Balaban J connectivity index is 1.31. The number of rotatable bonds is 3. The molecule has 4 rings (SSSR count). The van der Waals surface area contributed by atoms with Gasteiger partial charge in [0.05, 0.1) is 25.8 Å². The third-order valence-corrected chi connectivity index (χ3v) is 4.65. The molecule has 4 atom stereocenters. The lowest BCUT2D eigenvalue weighted by atomic mass is 10.1. The Hall–Kier alpha value is -1.47. The number of nitrogens with zero attached hydrogens (tertiary/aromatic N) is 1. The van der Waals surface area contributed by atoms with Crippen molar-refractivity contribution in [3.63, 3.8) is 0 Å². The molecule has 0 radical (unpaired) electrons. The van der Waals surface area contributed by atoms with Crippen LogP contribution in [0.5, 0.6) is 0 Å². The predicted molar refractivity (Wildman–Crippen MR) is 78.0 cm³/mol. The van der Waals surface area contributed by atoms with Gasteiger partial charge in [-0.25, -0.2) is 0 Å². The lowest BCUT2D eigenvalue weighted by Crippen LogP contribution is -2.47. The number of aliphatic hydroxyl groups excluding tert-OH is 1. The molecule has 0 aromatic heterocycles. The van der Waals surface area contributed by atoms with E-state index in [0.717, 1.165) is 13.1 Å². The van der Waals surface area contributed by atoms with Crippen LogP contribution in [0.25, 0.3) is 0 Å². The van der Waals surface area contributed by atoms with E-state index < -0.39 is 6.10 Å². The molecule has 3 heterocycles. The smallest absolute Gasteiger partial charge is 0.234 e. The van der Waals surface area contributed by atoms with E-state index in [9.17, 15) is 9.90 Å². The standard InChI is InChI=1S/C16H20N2O4/c19-13-9-22-15-12(8-21-16(13)15)17-14(20)7-18-5-10-3-1-2-4-11(10)6-18/h1-4,12-13,15-16,19H,5-9H2,(H,17,20)/t12-,13+,15+,16+/m0/s1. The van der Waals surface area contributed by atoms with Gasteiger partial charge >= 0.3 is 0 Å². The number of carbonyl (C=O) groups excluding carboxylic acids is 1. The summed E-state index contributed by atoms with van der Waals surface area (Å²) < 4.78 is 11.0. The number of aliphatic hydroxyl groups is 1. The highest BCUT2D eigenvalue weighted by molar-refractivity contribution is 5.78. The van der Waals surface area contributed by atoms with Crippen molar-refractivity contribution in [2.24, 2.45) is 0 Å². The van der Waals surface area contributed by atoms with Crippen LogP contribution in [0.1, 0.15) is 11.1 Å². The quantitative estimate of drug-likeness (QED) is 0.798. The molecule has 1 amide bonds. The third-order valence-electron chi connectivity index (χ3n) is 4.65. The van der Waals surface area contributed by atoms with Crippen molar-refractivity contribution in [3.05, 3.63) is 35.4 Å². The van der Waals surface area contributed by atoms with E-state index in [-0.39, 0.29) is 30.8 Å². The van der Waals surface area contributed by atoms with E-state index in [2.05, 4.69) is 22.3 Å². The van der Waals surface area contributed by atoms with E-state index in [1.54, 1.807) is 0 Å². The van der Waals surface area contributed by atoms with Crippen LogP contribution < -0.4 is 5.32 Å². The molecule has 1 aromatic rings. The number of ether oxygens (including phenoxy) is 2. The Kier molecular flexibility index (Phi) is 3.62. The minimum atomic E-state index is -0.583. The molecule has 6 heteroatoms. The zero-order valence-corrected chi connectivity index (χ0v) is 12.3. The molecule has 118 valence electrons. The number of fused-ring (bicyclic) bond motifs is 2. The first-order valence-electron chi connectivity index (χ1n) is 7.70. The summed E-state index contributed by atoms with van der Waals surface area (Å²) in [4.78, 5) is 14.4. The molecule has 2 fully saturated rings. The van der Waals surface area contributed by atoms with Gasteiger partial charge in [-0.1, -0.05) is 24.3 Å². The number of amides is 1. The van der Waals surface area contributed by atoms with Gasteiger partial charge in [0.25, 0.3) is 0 Å². The fourth-order valence-electron chi connectivity index (χ4n) is 3.57. The molecular weight excluding hydrogens is 284 g/mol. The fraction of sp³-hybridized carbons (Fsp3) is 0.562. The molecule has 22 heavy (non-hydrogen) atoms. The Morgan fingerprint density at radius 2 is 1.86 bits per heavy atom. The molecule has 0 bridgehead atoms. The summed E-state index contributed by atoms with van der Waals surface area (Å²) in [6, 6.07) is 8.11. The van der Waals surface area contributed by atoms with Gasteiger partial charge in [-0.15, -0.1) is 0 Å². The number of nitrogens with one attached hydrogen (secondary N) is 1. The summed E-state index contributed by atoms with van der Waals surface area (Å²) in [5.74, 6) is -0.0213. The number of carbonyl (C=O) groups is 1. The van der Waals surface area contributed by atoms with Crippen molar-refractivity contribution >= 4 is 5.91 Å². The van der Waals surface area contributed by atoms with E-state index in [1.165, 1.54) is 11.1 Å². The van der Waals surface area contributed by atoms with Gasteiger partial charge < -0.3 is 19.9 Å². The maximum atomic E-state index is 12.2. The summed E-state index contributed by atoms with van der Waals surface area (Å²) in [5.41, 5.74) is 2.59. The molecule has 0 unspecified atom stereocenters. The largest absolute Gasteiger partial charge is 0.388 e. The molecule has 2 N–H and O–H groups in total. The van der Waals surface area contributed by atoms with Gasteiger partial charge in [0.2, 0.25) is 5.91 Å². The highest BCUT2D eigenvalue weighted by atomic mass is 16.6. The number of hydrogen-bond donors (Lipinski definition) is 2. The van der Waals surface area contributed by atoms with Gasteiger partial charge in [0, 0.05) is 13.1 Å². The number of hydrogen-bond acceptors (Lipinski definition) is 5. The third kappa shape index (κ3) is 2.52. The Labute approximate surface area is 129 Å². The molecule has 1 aromatic carbocycles. The summed E-state index contributed by atoms with van der Waals surface area (Å²) >= 11 is 0. The minimum Gasteiger partial charge on any atom is -0.388 e. The lowest BCUT2D eigenvalue weighted by Gasteiger charge is -2.20. The van der Waals surface area contributed by atoms with Crippen molar-refractivity contribution in [2.75, 3.05) is 19.8 Å². The fourth-order valence-corrected chi connectivity index (χ4v) is 3.57. The molecule has 0 saturated carbocycles. The van der Waals surface area contributed by atoms with Crippen molar-refractivity contribution < 1.29 is 19.4 Å². The molecular formula is C16H20N2O4.